The second-order valence-corrected chi connectivity index (χ2v) is 5.62. The Labute approximate surface area is 115 Å². The van der Waals surface area contributed by atoms with Crippen molar-refractivity contribution in [1.82, 2.24) is 9.78 Å². The Balaban J connectivity index is 1.67. The van der Waals surface area contributed by atoms with Crippen LogP contribution in [0, 0.1) is 0 Å². The number of rotatable bonds is 4. The lowest BCUT2D eigenvalue weighted by molar-refractivity contribution is 0.295. The number of ether oxygens (including phenoxy) is 1. The molecule has 0 atom stereocenters. The van der Waals surface area contributed by atoms with Crippen molar-refractivity contribution < 1.29 is 4.74 Å². The lowest BCUT2D eigenvalue weighted by atomic mass is 10.3. The number of hydrogen-bond acceptors (Lipinski definition) is 2. The second kappa shape index (κ2) is 4.76. The third-order valence-corrected chi connectivity index (χ3v) is 3.72. The Morgan fingerprint density at radius 3 is 2.72 bits per heavy atom. The zero-order valence-electron chi connectivity index (χ0n) is 10.3. The van der Waals surface area contributed by atoms with Crippen molar-refractivity contribution in [2.75, 3.05) is 0 Å². The van der Waals surface area contributed by atoms with Gasteiger partial charge in [-0.05, 0) is 43.2 Å². The van der Waals surface area contributed by atoms with Crippen molar-refractivity contribution >= 4 is 15.9 Å². The van der Waals surface area contributed by atoms with Crippen LogP contribution >= 0.6 is 15.9 Å². The molecule has 18 heavy (non-hydrogen) atoms. The molecule has 1 heterocycles. The molecular formula is C14H15BrN2O. The Bertz CT molecular complexity index is 543. The maximum atomic E-state index is 5.76. The van der Waals surface area contributed by atoms with E-state index in [4.69, 9.17) is 4.74 Å². The molecule has 0 saturated heterocycles. The zero-order chi connectivity index (χ0) is 12.5. The Morgan fingerprint density at radius 1 is 1.33 bits per heavy atom. The van der Waals surface area contributed by atoms with Gasteiger partial charge in [-0.15, -0.1) is 0 Å². The van der Waals surface area contributed by atoms with E-state index >= 15 is 0 Å². The zero-order valence-corrected chi connectivity index (χ0v) is 11.9. The molecule has 94 valence electrons. The minimum atomic E-state index is 0.567. The quantitative estimate of drug-likeness (QED) is 0.862. The molecule has 3 rings (SSSR count). The monoisotopic (exact) mass is 306 g/mol. The molecule has 4 heteroatoms. The van der Waals surface area contributed by atoms with Crippen LogP contribution in [0.4, 0.5) is 0 Å². The summed E-state index contributed by atoms with van der Waals surface area (Å²) < 4.78 is 8.74. The molecule has 0 N–H and O–H groups in total. The van der Waals surface area contributed by atoms with E-state index in [9.17, 15) is 0 Å². The lowest BCUT2D eigenvalue weighted by Gasteiger charge is -2.06. The molecule has 1 aliphatic carbocycles. The van der Waals surface area contributed by atoms with Crippen LogP contribution in [0.1, 0.15) is 30.1 Å². The van der Waals surface area contributed by atoms with Gasteiger partial charge < -0.3 is 4.74 Å². The highest BCUT2D eigenvalue weighted by Gasteiger charge is 2.26. The Kier molecular flexibility index (Phi) is 3.12. The van der Waals surface area contributed by atoms with Gasteiger partial charge in [0.05, 0.1) is 11.4 Å². The molecule has 1 saturated carbocycles. The van der Waals surface area contributed by atoms with Crippen LogP contribution in [0.5, 0.6) is 5.75 Å². The van der Waals surface area contributed by atoms with Gasteiger partial charge in [0.2, 0.25) is 0 Å². The summed E-state index contributed by atoms with van der Waals surface area (Å²) in [7, 11) is 1.98. The van der Waals surface area contributed by atoms with Crippen LogP contribution < -0.4 is 4.74 Å². The first-order chi connectivity index (χ1) is 8.72. The minimum Gasteiger partial charge on any atom is -0.487 e. The van der Waals surface area contributed by atoms with Crippen LogP contribution in [0.15, 0.2) is 34.8 Å². The number of benzene rings is 1. The molecule has 1 fully saturated rings. The lowest BCUT2D eigenvalue weighted by Crippen LogP contribution is -2.02. The van der Waals surface area contributed by atoms with E-state index in [0.717, 1.165) is 15.9 Å². The SMILES string of the molecule is Cn1nc(C2CC2)cc1COc1ccc(Br)cc1. The largest absolute Gasteiger partial charge is 0.487 e. The summed E-state index contributed by atoms with van der Waals surface area (Å²) >= 11 is 3.41. The summed E-state index contributed by atoms with van der Waals surface area (Å²) in [5.41, 5.74) is 2.34. The average molecular weight is 307 g/mol. The van der Waals surface area contributed by atoms with Gasteiger partial charge in [0, 0.05) is 17.4 Å². The third kappa shape index (κ3) is 2.58. The normalized spacial score (nSPS) is 14.8. The summed E-state index contributed by atoms with van der Waals surface area (Å²) in [4.78, 5) is 0. The van der Waals surface area contributed by atoms with Crippen LogP contribution in [0.2, 0.25) is 0 Å². The van der Waals surface area contributed by atoms with E-state index in [1.54, 1.807) is 0 Å². The second-order valence-electron chi connectivity index (χ2n) is 4.70. The molecule has 1 aliphatic rings. The Morgan fingerprint density at radius 2 is 2.06 bits per heavy atom. The molecule has 0 unspecified atom stereocenters. The topological polar surface area (TPSA) is 27.1 Å². The number of hydrogen-bond donors (Lipinski definition) is 0. The number of nitrogens with zero attached hydrogens (tertiary/aromatic N) is 2. The smallest absolute Gasteiger partial charge is 0.130 e. The minimum absolute atomic E-state index is 0.567. The summed E-state index contributed by atoms with van der Waals surface area (Å²) in [6.07, 6.45) is 2.56. The molecule has 2 aromatic rings. The predicted molar refractivity (Wildman–Crippen MR) is 73.7 cm³/mol. The van der Waals surface area contributed by atoms with E-state index in [-0.39, 0.29) is 0 Å². The number of aromatic nitrogens is 2. The molecular weight excluding hydrogens is 292 g/mol. The summed E-state index contributed by atoms with van der Waals surface area (Å²) in [5.74, 6) is 1.57. The molecule has 0 bridgehead atoms. The molecule has 0 amide bonds. The van der Waals surface area contributed by atoms with E-state index in [1.807, 2.05) is 36.0 Å². The maximum Gasteiger partial charge on any atom is 0.130 e. The van der Waals surface area contributed by atoms with E-state index in [0.29, 0.717) is 12.5 Å². The molecule has 1 aromatic carbocycles. The van der Waals surface area contributed by atoms with E-state index in [2.05, 4.69) is 27.1 Å². The van der Waals surface area contributed by atoms with Gasteiger partial charge in [-0.1, -0.05) is 15.9 Å². The fourth-order valence-electron chi connectivity index (χ4n) is 1.93. The van der Waals surface area contributed by atoms with Crippen molar-refractivity contribution in [3.8, 4) is 5.75 Å². The highest BCUT2D eigenvalue weighted by molar-refractivity contribution is 9.10. The van der Waals surface area contributed by atoms with Gasteiger partial charge in [0.25, 0.3) is 0 Å². The highest BCUT2D eigenvalue weighted by atomic mass is 79.9. The fraction of sp³-hybridized carbons (Fsp3) is 0.357. The standard InChI is InChI=1S/C14H15BrN2O/c1-17-12(8-14(16-17)10-2-3-10)9-18-13-6-4-11(15)5-7-13/h4-8,10H,2-3,9H2,1H3. The van der Waals surface area contributed by atoms with Crippen LogP contribution in [0.25, 0.3) is 0 Å². The molecule has 0 radical (unpaired) electrons. The van der Waals surface area contributed by atoms with Gasteiger partial charge in [-0.3, -0.25) is 4.68 Å². The van der Waals surface area contributed by atoms with Crippen molar-refractivity contribution in [2.24, 2.45) is 7.05 Å². The van der Waals surface area contributed by atoms with Crippen molar-refractivity contribution in [3.05, 3.63) is 46.2 Å². The van der Waals surface area contributed by atoms with Gasteiger partial charge in [0.15, 0.2) is 0 Å². The number of aryl methyl sites for hydroxylation is 1. The van der Waals surface area contributed by atoms with Crippen molar-refractivity contribution in [1.29, 1.82) is 0 Å². The summed E-state index contributed by atoms with van der Waals surface area (Å²) in [5, 5.41) is 4.53. The first kappa shape index (κ1) is 11.8. The average Bonchev–Trinajstić information content (AvgIpc) is 3.14. The molecule has 0 spiro atoms. The van der Waals surface area contributed by atoms with Crippen LogP contribution in [-0.4, -0.2) is 9.78 Å². The Hall–Kier alpha value is -1.29. The van der Waals surface area contributed by atoms with Crippen LogP contribution in [-0.2, 0) is 13.7 Å². The maximum absolute atomic E-state index is 5.76. The molecule has 0 aliphatic heterocycles. The first-order valence-corrected chi connectivity index (χ1v) is 6.93. The van der Waals surface area contributed by atoms with Gasteiger partial charge >= 0.3 is 0 Å². The highest BCUT2D eigenvalue weighted by Crippen LogP contribution is 2.39. The van der Waals surface area contributed by atoms with Gasteiger partial charge in [-0.2, -0.15) is 5.10 Å². The third-order valence-electron chi connectivity index (χ3n) is 3.19. The summed E-state index contributed by atoms with van der Waals surface area (Å²) in [6.45, 7) is 0.567. The van der Waals surface area contributed by atoms with Crippen LogP contribution in [0.3, 0.4) is 0 Å². The van der Waals surface area contributed by atoms with E-state index < -0.39 is 0 Å². The van der Waals surface area contributed by atoms with Crippen molar-refractivity contribution in [3.63, 3.8) is 0 Å². The molecule has 1 aromatic heterocycles. The van der Waals surface area contributed by atoms with E-state index in [1.165, 1.54) is 18.5 Å². The van der Waals surface area contributed by atoms with Gasteiger partial charge in [0.1, 0.15) is 12.4 Å². The fourth-order valence-corrected chi connectivity index (χ4v) is 2.20. The predicted octanol–water partition coefficient (Wildman–Crippen LogP) is 3.64. The molecule has 3 nitrogen and oxygen atoms in total. The van der Waals surface area contributed by atoms with Crippen molar-refractivity contribution in [2.45, 2.75) is 25.4 Å². The van der Waals surface area contributed by atoms with Gasteiger partial charge in [-0.25, -0.2) is 0 Å². The first-order valence-electron chi connectivity index (χ1n) is 6.13. The summed E-state index contributed by atoms with van der Waals surface area (Å²) in [6, 6.07) is 10.0. The number of halogens is 1.